The number of rotatable bonds is 7. The van der Waals surface area contributed by atoms with E-state index < -0.39 is 28.6 Å². The van der Waals surface area contributed by atoms with Crippen LogP contribution in [-0.2, 0) is 6.18 Å². The van der Waals surface area contributed by atoms with Crippen LogP contribution in [0, 0.1) is 16.0 Å². The number of nitro benzene ring substituents is 1. The minimum Gasteiger partial charge on any atom is -0.340 e. The predicted molar refractivity (Wildman–Crippen MR) is 107 cm³/mol. The standard InChI is InChI=1S/C21H19F3N4O4/c1-3-12(2)17(25-19(29)14-4-8-15(9-5-14)21(22,23)24)20-26-18(27-32-20)13-6-10-16(11-7-13)28(30)31/h4-12,17H,3H2,1-2H3,(H,25,29)/t12-,17-/m0/s1. The third-order valence-electron chi connectivity index (χ3n) is 5.02. The van der Waals surface area contributed by atoms with Crippen molar-refractivity contribution in [2.24, 2.45) is 5.92 Å². The Labute approximate surface area is 180 Å². The van der Waals surface area contributed by atoms with Crippen LogP contribution < -0.4 is 5.32 Å². The highest BCUT2D eigenvalue weighted by Crippen LogP contribution is 2.30. The highest BCUT2D eigenvalue weighted by Gasteiger charge is 2.31. The number of carbonyl (C=O) groups is 1. The Bertz CT molecular complexity index is 1100. The summed E-state index contributed by atoms with van der Waals surface area (Å²) in [7, 11) is 0. The van der Waals surface area contributed by atoms with E-state index in [-0.39, 0.29) is 28.9 Å². The van der Waals surface area contributed by atoms with Crippen molar-refractivity contribution >= 4 is 11.6 Å². The number of hydrogen-bond donors (Lipinski definition) is 1. The number of nitrogens with zero attached hydrogens (tertiary/aromatic N) is 3. The molecule has 1 amide bonds. The quantitative estimate of drug-likeness (QED) is 0.394. The molecule has 0 saturated carbocycles. The van der Waals surface area contributed by atoms with E-state index in [2.05, 4.69) is 15.5 Å². The van der Waals surface area contributed by atoms with Crippen molar-refractivity contribution in [3.8, 4) is 11.4 Å². The number of hydrogen-bond acceptors (Lipinski definition) is 6. The van der Waals surface area contributed by atoms with E-state index in [1.165, 1.54) is 24.3 Å². The lowest BCUT2D eigenvalue weighted by Gasteiger charge is -2.21. The van der Waals surface area contributed by atoms with Crippen molar-refractivity contribution in [3.05, 3.63) is 75.7 Å². The fourth-order valence-corrected chi connectivity index (χ4v) is 2.93. The largest absolute Gasteiger partial charge is 0.416 e. The van der Waals surface area contributed by atoms with Crippen molar-refractivity contribution in [2.75, 3.05) is 0 Å². The van der Waals surface area contributed by atoms with Gasteiger partial charge in [0.25, 0.3) is 11.6 Å². The van der Waals surface area contributed by atoms with Crippen LogP contribution in [0.3, 0.4) is 0 Å². The summed E-state index contributed by atoms with van der Waals surface area (Å²) < 4.78 is 43.6. The summed E-state index contributed by atoms with van der Waals surface area (Å²) in [5.74, 6) is -0.405. The molecule has 1 N–H and O–H groups in total. The van der Waals surface area contributed by atoms with Crippen LogP contribution in [0.15, 0.2) is 53.1 Å². The molecule has 0 aliphatic heterocycles. The van der Waals surface area contributed by atoms with Gasteiger partial charge in [-0.25, -0.2) is 0 Å². The fourth-order valence-electron chi connectivity index (χ4n) is 2.93. The first-order chi connectivity index (χ1) is 15.1. The van der Waals surface area contributed by atoms with Gasteiger partial charge in [-0.1, -0.05) is 25.4 Å². The molecule has 1 aromatic heterocycles. The summed E-state index contributed by atoms with van der Waals surface area (Å²) in [6.07, 6.45) is -3.85. The van der Waals surface area contributed by atoms with Crippen molar-refractivity contribution in [1.29, 1.82) is 0 Å². The first-order valence-electron chi connectivity index (χ1n) is 9.66. The third kappa shape index (κ3) is 5.10. The van der Waals surface area contributed by atoms with Gasteiger partial charge in [0.15, 0.2) is 0 Å². The second-order valence-electron chi connectivity index (χ2n) is 7.17. The molecule has 168 valence electrons. The van der Waals surface area contributed by atoms with Crippen molar-refractivity contribution in [3.63, 3.8) is 0 Å². The molecule has 0 spiro atoms. The van der Waals surface area contributed by atoms with Crippen LogP contribution in [0.5, 0.6) is 0 Å². The maximum Gasteiger partial charge on any atom is 0.416 e. The minimum atomic E-state index is -4.49. The Kier molecular flexibility index (Phi) is 6.56. The molecule has 2 atom stereocenters. The number of halogens is 3. The lowest BCUT2D eigenvalue weighted by atomic mass is 9.98. The predicted octanol–water partition coefficient (Wildman–Crippen LogP) is 5.18. The van der Waals surface area contributed by atoms with Crippen LogP contribution in [0.4, 0.5) is 18.9 Å². The highest BCUT2D eigenvalue weighted by atomic mass is 19.4. The van der Waals surface area contributed by atoms with Gasteiger partial charge in [-0.15, -0.1) is 0 Å². The zero-order valence-electron chi connectivity index (χ0n) is 17.1. The second-order valence-corrected chi connectivity index (χ2v) is 7.17. The molecule has 0 aliphatic carbocycles. The Hall–Kier alpha value is -3.76. The average Bonchev–Trinajstić information content (AvgIpc) is 3.26. The third-order valence-corrected chi connectivity index (χ3v) is 5.02. The van der Waals surface area contributed by atoms with Crippen molar-refractivity contribution in [1.82, 2.24) is 15.5 Å². The van der Waals surface area contributed by atoms with Gasteiger partial charge in [0.2, 0.25) is 11.7 Å². The molecule has 0 fully saturated rings. The van der Waals surface area contributed by atoms with Gasteiger partial charge in [0.1, 0.15) is 6.04 Å². The van der Waals surface area contributed by atoms with Crippen LogP contribution in [0.1, 0.15) is 48.1 Å². The lowest BCUT2D eigenvalue weighted by molar-refractivity contribution is -0.384. The fraction of sp³-hybridized carbons (Fsp3) is 0.286. The normalized spacial score (nSPS) is 13.4. The topological polar surface area (TPSA) is 111 Å². The molecule has 32 heavy (non-hydrogen) atoms. The van der Waals surface area contributed by atoms with E-state index in [4.69, 9.17) is 4.52 Å². The zero-order valence-corrected chi connectivity index (χ0v) is 17.1. The average molecular weight is 448 g/mol. The number of aromatic nitrogens is 2. The van der Waals surface area contributed by atoms with Crippen molar-refractivity contribution < 1.29 is 27.4 Å². The number of amides is 1. The Balaban J connectivity index is 1.81. The molecule has 2 aromatic carbocycles. The van der Waals surface area contributed by atoms with Crippen LogP contribution >= 0.6 is 0 Å². The molecule has 0 aliphatic rings. The van der Waals surface area contributed by atoms with Crippen LogP contribution in [0.25, 0.3) is 11.4 Å². The number of nitrogens with one attached hydrogen (secondary N) is 1. The highest BCUT2D eigenvalue weighted by molar-refractivity contribution is 5.94. The van der Waals surface area contributed by atoms with Gasteiger partial charge < -0.3 is 9.84 Å². The number of carbonyl (C=O) groups excluding carboxylic acids is 1. The van der Waals surface area contributed by atoms with Gasteiger partial charge in [0.05, 0.1) is 10.5 Å². The van der Waals surface area contributed by atoms with E-state index in [1.54, 1.807) is 0 Å². The summed E-state index contributed by atoms with van der Waals surface area (Å²) >= 11 is 0. The van der Waals surface area contributed by atoms with Crippen LogP contribution in [0.2, 0.25) is 0 Å². The second kappa shape index (κ2) is 9.16. The van der Waals surface area contributed by atoms with E-state index in [0.717, 1.165) is 24.3 Å². The maximum atomic E-state index is 12.7. The Morgan fingerprint density at radius 3 is 2.31 bits per heavy atom. The maximum absolute atomic E-state index is 12.7. The van der Waals surface area contributed by atoms with Gasteiger partial charge in [-0.3, -0.25) is 14.9 Å². The van der Waals surface area contributed by atoms with E-state index in [0.29, 0.717) is 12.0 Å². The van der Waals surface area contributed by atoms with Gasteiger partial charge in [-0.05, 0) is 42.3 Å². The Morgan fingerprint density at radius 2 is 1.78 bits per heavy atom. The molecule has 3 rings (SSSR count). The molecule has 0 radical (unpaired) electrons. The summed E-state index contributed by atoms with van der Waals surface area (Å²) in [6, 6.07) is 8.77. The molecule has 0 saturated heterocycles. The molecule has 0 bridgehead atoms. The molecule has 8 nitrogen and oxygen atoms in total. The monoisotopic (exact) mass is 448 g/mol. The summed E-state index contributed by atoms with van der Waals surface area (Å²) in [5.41, 5.74) is -0.389. The molecular weight excluding hydrogens is 429 g/mol. The molecule has 1 heterocycles. The summed E-state index contributed by atoms with van der Waals surface area (Å²) in [5, 5.41) is 17.4. The first kappa shape index (κ1) is 22.9. The molecule has 0 unspecified atom stereocenters. The number of nitro groups is 1. The van der Waals surface area contributed by atoms with Crippen LogP contribution in [-0.4, -0.2) is 21.0 Å². The van der Waals surface area contributed by atoms with E-state index in [1.807, 2.05) is 13.8 Å². The van der Waals surface area contributed by atoms with E-state index >= 15 is 0 Å². The molecular formula is C21H19F3N4O4. The minimum absolute atomic E-state index is 0.0569. The Morgan fingerprint density at radius 1 is 1.16 bits per heavy atom. The number of non-ortho nitro benzene ring substituents is 1. The van der Waals surface area contributed by atoms with E-state index in [9.17, 15) is 28.1 Å². The molecule has 11 heteroatoms. The SMILES string of the molecule is CC[C@H](C)[C@H](NC(=O)c1ccc(C(F)(F)F)cc1)c1nc(-c2ccc([N+](=O)[O-])cc2)no1. The number of alkyl halides is 3. The number of benzene rings is 2. The summed E-state index contributed by atoms with van der Waals surface area (Å²) in [6.45, 7) is 3.75. The van der Waals surface area contributed by atoms with Gasteiger partial charge in [-0.2, -0.15) is 18.2 Å². The zero-order chi connectivity index (χ0) is 23.5. The molecule has 3 aromatic rings. The van der Waals surface area contributed by atoms with Gasteiger partial charge >= 0.3 is 6.18 Å². The first-order valence-corrected chi connectivity index (χ1v) is 9.66. The smallest absolute Gasteiger partial charge is 0.340 e. The lowest BCUT2D eigenvalue weighted by Crippen LogP contribution is -2.32. The van der Waals surface area contributed by atoms with Gasteiger partial charge in [0, 0.05) is 23.3 Å². The summed E-state index contributed by atoms with van der Waals surface area (Å²) in [4.78, 5) is 27.2. The van der Waals surface area contributed by atoms with Crippen molar-refractivity contribution in [2.45, 2.75) is 32.5 Å².